The summed E-state index contributed by atoms with van der Waals surface area (Å²) in [6.07, 6.45) is 4.89. The van der Waals surface area contributed by atoms with Gasteiger partial charge in [0.15, 0.2) is 0 Å². The predicted octanol–water partition coefficient (Wildman–Crippen LogP) is 6.26. The van der Waals surface area contributed by atoms with E-state index in [2.05, 4.69) is 72.5 Å². The maximum Gasteiger partial charge on any atom is 0.147 e. The molecule has 0 aliphatic carbocycles. The van der Waals surface area contributed by atoms with Crippen molar-refractivity contribution in [2.75, 3.05) is 26.2 Å². The van der Waals surface area contributed by atoms with Crippen molar-refractivity contribution in [3.63, 3.8) is 0 Å². The van der Waals surface area contributed by atoms with Gasteiger partial charge in [-0.1, -0.05) is 24.3 Å². The van der Waals surface area contributed by atoms with Crippen molar-refractivity contribution >= 4 is 36.0 Å². The Morgan fingerprint density at radius 3 is 1.17 bits per heavy atom. The van der Waals surface area contributed by atoms with Gasteiger partial charge in [0.2, 0.25) is 0 Å². The molecule has 0 aromatic heterocycles. The van der Waals surface area contributed by atoms with Gasteiger partial charge in [-0.15, -0.1) is 34.9 Å². The van der Waals surface area contributed by atoms with Gasteiger partial charge >= 0.3 is 0 Å². The average molecular weight is 451 g/mol. The third kappa shape index (κ3) is 6.14. The first-order chi connectivity index (χ1) is 13.7. The molecule has 0 bridgehead atoms. The molecule has 2 aliphatic rings. The maximum absolute atomic E-state index is 5.92. The highest BCUT2D eigenvalue weighted by Gasteiger charge is 2.14. The molecular weight excluding hydrogens is 419 g/mol. The zero-order valence-electron chi connectivity index (χ0n) is 17.8. The van der Waals surface area contributed by atoms with Crippen LogP contribution in [0.2, 0.25) is 0 Å². The molecule has 2 aliphatic heterocycles. The molecule has 6 heteroatoms. The fraction of sp³-hybridized carbons (Fsp3) is 0.417. The second-order valence-electron chi connectivity index (χ2n) is 7.75. The Kier molecular flexibility index (Phi) is 9.50. The predicted molar refractivity (Wildman–Crippen MR) is 128 cm³/mol. The number of benzene rings is 2. The lowest BCUT2D eigenvalue weighted by atomic mass is 9.97. The molecule has 0 N–H and O–H groups in total. The molecular formula is C24H32Cl2N2O2. The number of allylic oxidation sites excluding steroid dienone is 2. The van der Waals surface area contributed by atoms with Gasteiger partial charge < -0.3 is 9.68 Å². The molecule has 0 atom stereocenters. The van der Waals surface area contributed by atoms with Gasteiger partial charge in [0.25, 0.3) is 0 Å². The van der Waals surface area contributed by atoms with Gasteiger partial charge in [0.05, 0.1) is 0 Å². The van der Waals surface area contributed by atoms with Crippen LogP contribution in [0.25, 0.3) is 11.1 Å². The molecule has 2 aromatic rings. The SMILES string of the molecule is C/C(=C(/C)c1ccc(ON2CCCC2)cc1)c1ccc(ON2CCCC2)cc1.Cl.Cl. The summed E-state index contributed by atoms with van der Waals surface area (Å²) < 4.78 is 0. The van der Waals surface area contributed by atoms with Crippen LogP contribution in [0.5, 0.6) is 11.5 Å². The van der Waals surface area contributed by atoms with E-state index in [0.29, 0.717) is 0 Å². The number of hydrogen-bond acceptors (Lipinski definition) is 4. The molecule has 4 rings (SSSR count). The second kappa shape index (κ2) is 11.6. The van der Waals surface area contributed by atoms with Crippen LogP contribution in [0.4, 0.5) is 0 Å². The van der Waals surface area contributed by atoms with E-state index in [9.17, 15) is 0 Å². The van der Waals surface area contributed by atoms with Crippen LogP contribution < -0.4 is 9.68 Å². The summed E-state index contributed by atoms with van der Waals surface area (Å²) in [5.74, 6) is 1.83. The number of nitrogens with zero attached hydrogens (tertiary/aromatic N) is 2. The molecule has 2 aromatic carbocycles. The van der Waals surface area contributed by atoms with Crippen LogP contribution in [-0.2, 0) is 0 Å². The van der Waals surface area contributed by atoms with Crippen LogP contribution in [0.3, 0.4) is 0 Å². The average Bonchev–Trinajstić information content (AvgIpc) is 3.42. The smallest absolute Gasteiger partial charge is 0.147 e. The summed E-state index contributed by atoms with van der Waals surface area (Å²) in [6, 6.07) is 16.9. The van der Waals surface area contributed by atoms with E-state index >= 15 is 0 Å². The fourth-order valence-electron chi connectivity index (χ4n) is 3.82. The van der Waals surface area contributed by atoms with Crippen molar-refractivity contribution in [1.29, 1.82) is 0 Å². The highest BCUT2D eigenvalue weighted by molar-refractivity contribution is 5.89. The van der Waals surface area contributed by atoms with Crippen molar-refractivity contribution < 1.29 is 9.68 Å². The van der Waals surface area contributed by atoms with Gasteiger partial charge in [-0.3, -0.25) is 0 Å². The van der Waals surface area contributed by atoms with Crippen molar-refractivity contribution in [2.45, 2.75) is 39.5 Å². The van der Waals surface area contributed by atoms with Gasteiger partial charge in [-0.25, -0.2) is 0 Å². The molecule has 164 valence electrons. The first-order valence-electron chi connectivity index (χ1n) is 10.4. The Balaban J connectivity index is 0.00000160. The Bertz CT molecular complexity index is 741. The first-order valence-corrected chi connectivity index (χ1v) is 10.4. The zero-order chi connectivity index (χ0) is 19.3. The molecule has 0 radical (unpaired) electrons. The van der Waals surface area contributed by atoms with Gasteiger partial charge in [0.1, 0.15) is 11.5 Å². The molecule has 2 saturated heterocycles. The summed E-state index contributed by atoms with van der Waals surface area (Å²) in [5.41, 5.74) is 5.01. The molecule has 0 spiro atoms. The van der Waals surface area contributed by atoms with Gasteiger partial charge in [0, 0.05) is 26.2 Å². The summed E-state index contributed by atoms with van der Waals surface area (Å²) in [7, 11) is 0. The molecule has 2 fully saturated rings. The van der Waals surface area contributed by atoms with E-state index in [1.165, 1.54) is 48.0 Å². The van der Waals surface area contributed by atoms with Gasteiger partial charge in [-0.2, -0.15) is 0 Å². The topological polar surface area (TPSA) is 24.9 Å². The minimum absolute atomic E-state index is 0. The molecule has 4 nitrogen and oxygen atoms in total. The van der Waals surface area contributed by atoms with Crippen molar-refractivity contribution in [1.82, 2.24) is 10.1 Å². The quantitative estimate of drug-likeness (QED) is 0.484. The minimum Gasteiger partial charge on any atom is -0.406 e. The highest BCUT2D eigenvalue weighted by Crippen LogP contribution is 2.28. The summed E-state index contributed by atoms with van der Waals surface area (Å²) in [5, 5.41) is 4.10. The van der Waals surface area contributed by atoms with Gasteiger partial charge in [-0.05, 0) is 86.1 Å². The van der Waals surface area contributed by atoms with Crippen molar-refractivity contribution in [3.05, 3.63) is 59.7 Å². The van der Waals surface area contributed by atoms with Crippen LogP contribution in [0.15, 0.2) is 48.5 Å². The van der Waals surface area contributed by atoms with E-state index in [1.54, 1.807) is 0 Å². The Morgan fingerprint density at radius 2 is 0.867 bits per heavy atom. The third-order valence-corrected chi connectivity index (χ3v) is 5.74. The lowest BCUT2D eigenvalue weighted by molar-refractivity contribution is -0.0347. The van der Waals surface area contributed by atoms with E-state index < -0.39 is 0 Å². The monoisotopic (exact) mass is 450 g/mol. The Labute approximate surface area is 192 Å². The number of hydroxylamine groups is 4. The molecule has 0 unspecified atom stereocenters. The molecule has 2 heterocycles. The number of hydrogen-bond donors (Lipinski definition) is 0. The van der Waals surface area contributed by atoms with Crippen molar-refractivity contribution in [2.24, 2.45) is 0 Å². The third-order valence-electron chi connectivity index (χ3n) is 5.74. The van der Waals surface area contributed by atoms with Crippen LogP contribution in [-0.4, -0.2) is 36.3 Å². The Hall–Kier alpha value is -1.72. The maximum atomic E-state index is 5.92. The van der Waals surface area contributed by atoms with Crippen molar-refractivity contribution in [3.8, 4) is 11.5 Å². The normalized spacial score (nSPS) is 17.7. The van der Waals surface area contributed by atoms with Crippen LogP contribution in [0.1, 0.15) is 50.7 Å². The lowest BCUT2D eigenvalue weighted by Gasteiger charge is -2.17. The second-order valence-corrected chi connectivity index (χ2v) is 7.75. The standard InChI is InChI=1S/C24H30N2O2.2ClH/c1-19(21-7-11-23(12-8-21)27-25-15-3-4-16-25)20(2)22-9-13-24(14-10-22)28-26-17-5-6-18-26;;/h7-14H,3-6,15-18H2,1-2H3;2*1H/b20-19+;;. The van der Waals surface area contributed by atoms with Crippen LogP contribution >= 0.6 is 24.8 Å². The fourth-order valence-corrected chi connectivity index (χ4v) is 3.82. The minimum atomic E-state index is 0. The Morgan fingerprint density at radius 1 is 0.567 bits per heavy atom. The molecule has 30 heavy (non-hydrogen) atoms. The van der Waals surface area contributed by atoms with Crippen LogP contribution in [0, 0.1) is 0 Å². The summed E-state index contributed by atoms with van der Waals surface area (Å²) >= 11 is 0. The highest BCUT2D eigenvalue weighted by atomic mass is 35.5. The van der Waals surface area contributed by atoms with E-state index in [0.717, 1.165) is 37.7 Å². The summed E-state index contributed by atoms with van der Waals surface area (Å²) in [4.78, 5) is 11.8. The van der Waals surface area contributed by atoms with E-state index in [4.69, 9.17) is 9.68 Å². The first kappa shape index (κ1) is 24.5. The number of halogens is 2. The molecule has 0 saturated carbocycles. The lowest BCUT2D eigenvalue weighted by Crippen LogP contribution is -2.23. The zero-order valence-corrected chi connectivity index (χ0v) is 19.4. The summed E-state index contributed by atoms with van der Waals surface area (Å²) in [6.45, 7) is 8.46. The number of rotatable bonds is 6. The van der Waals surface area contributed by atoms with E-state index in [1.807, 2.05) is 0 Å². The molecule has 0 amide bonds. The van der Waals surface area contributed by atoms with E-state index in [-0.39, 0.29) is 24.8 Å². The largest absolute Gasteiger partial charge is 0.406 e.